The van der Waals surface area contributed by atoms with Crippen LogP contribution in [0.4, 0.5) is 25.0 Å². The van der Waals surface area contributed by atoms with Crippen LogP contribution in [0.25, 0.3) is 21.9 Å². The second-order valence-electron chi connectivity index (χ2n) is 8.36. The van der Waals surface area contributed by atoms with E-state index in [9.17, 15) is 31.9 Å². The van der Waals surface area contributed by atoms with Crippen LogP contribution < -0.4 is 15.4 Å². The third-order valence-corrected chi connectivity index (χ3v) is 6.84. The minimum atomic E-state index is -4.14. The van der Waals surface area contributed by atoms with E-state index in [2.05, 4.69) is 15.4 Å². The summed E-state index contributed by atoms with van der Waals surface area (Å²) >= 11 is 0. The zero-order valence-corrected chi connectivity index (χ0v) is 19.8. The summed E-state index contributed by atoms with van der Waals surface area (Å²) < 4.78 is 59.9. The zero-order chi connectivity index (χ0) is 26.2. The summed E-state index contributed by atoms with van der Waals surface area (Å²) in [5, 5.41) is 15.4. The molecule has 0 aliphatic rings. The molecule has 0 unspecified atom stereocenters. The predicted octanol–water partition coefficient (Wildman–Crippen LogP) is 4.90. The van der Waals surface area contributed by atoms with Crippen LogP contribution in [0, 0.1) is 17.6 Å². The van der Waals surface area contributed by atoms with Crippen molar-refractivity contribution in [3.63, 3.8) is 0 Å². The molecule has 36 heavy (non-hydrogen) atoms. The average molecular weight is 518 g/mol. The van der Waals surface area contributed by atoms with Gasteiger partial charge in [-0.1, -0.05) is 13.8 Å². The molecule has 0 fully saturated rings. The van der Waals surface area contributed by atoms with Gasteiger partial charge in [-0.2, -0.15) is 4.72 Å². The first-order chi connectivity index (χ1) is 16.9. The molecule has 1 atom stereocenters. The molecular formula is C24H21F2N3O6S. The smallest absolute Gasteiger partial charge is 0.323 e. The van der Waals surface area contributed by atoms with Gasteiger partial charge < -0.3 is 20.2 Å². The Bertz CT molecular complexity index is 1600. The molecule has 0 aliphatic carbocycles. The molecule has 188 valence electrons. The first-order valence-corrected chi connectivity index (χ1v) is 12.2. The number of benzene rings is 3. The Morgan fingerprint density at radius 2 is 1.53 bits per heavy atom. The number of nitrogens with one attached hydrogen (secondary N) is 3. The Balaban J connectivity index is 1.58. The number of halogens is 2. The molecule has 1 aromatic heterocycles. The number of amides is 2. The van der Waals surface area contributed by atoms with E-state index in [1.165, 1.54) is 24.3 Å². The number of urea groups is 1. The predicted molar refractivity (Wildman–Crippen MR) is 129 cm³/mol. The van der Waals surface area contributed by atoms with Gasteiger partial charge in [0.2, 0.25) is 10.0 Å². The van der Waals surface area contributed by atoms with Crippen molar-refractivity contribution in [1.29, 1.82) is 0 Å². The molecule has 0 spiro atoms. The van der Waals surface area contributed by atoms with E-state index in [0.29, 0.717) is 22.0 Å². The molecule has 0 aliphatic heterocycles. The maximum atomic E-state index is 13.4. The highest BCUT2D eigenvalue weighted by molar-refractivity contribution is 7.89. The number of carbonyl (C=O) groups excluding carboxylic acids is 1. The highest BCUT2D eigenvalue weighted by atomic mass is 32.2. The molecule has 12 heteroatoms. The monoisotopic (exact) mass is 517 g/mol. The third-order valence-electron chi connectivity index (χ3n) is 5.40. The molecule has 0 bridgehead atoms. The Kier molecular flexibility index (Phi) is 6.65. The molecule has 4 rings (SSSR count). The van der Waals surface area contributed by atoms with Gasteiger partial charge >= 0.3 is 12.0 Å². The molecule has 0 radical (unpaired) electrons. The van der Waals surface area contributed by atoms with Crippen LogP contribution >= 0.6 is 0 Å². The Morgan fingerprint density at radius 1 is 0.861 bits per heavy atom. The van der Waals surface area contributed by atoms with Gasteiger partial charge in [0.15, 0.2) is 11.6 Å². The average Bonchev–Trinajstić information content (AvgIpc) is 3.17. The molecule has 1 heterocycles. The van der Waals surface area contributed by atoms with Gasteiger partial charge in [0.1, 0.15) is 17.2 Å². The quantitative estimate of drug-likeness (QED) is 0.275. The maximum Gasteiger partial charge on any atom is 0.323 e. The lowest BCUT2D eigenvalue weighted by Gasteiger charge is -2.17. The number of furan rings is 1. The van der Waals surface area contributed by atoms with E-state index in [4.69, 9.17) is 4.42 Å². The number of fused-ring (bicyclic) bond motifs is 3. The minimum absolute atomic E-state index is 0.0613. The summed E-state index contributed by atoms with van der Waals surface area (Å²) in [6.45, 7) is 3.18. The van der Waals surface area contributed by atoms with E-state index in [-0.39, 0.29) is 16.2 Å². The number of hydrogen-bond acceptors (Lipinski definition) is 5. The van der Waals surface area contributed by atoms with Crippen molar-refractivity contribution in [2.24, 2.45) is 5.92 Å². The summed E-state index contributed by atoms with van der Waals surface area (Å²) in [5.41, 5.74) is 1.09. The van der Waals surface area contributed by atoms with E-state index in [1.807, 2.05) is 0 Å². The van der Waals surface area contributed by atoms with Gasteiger partial charge in [0.05, 0.1) is 4.90 Å². The minimum Gasteiger partial charge on any atom is -0.480 e. The first kappa shape index (κ1) is 25.1. The lowest BCUT2D eigenvalue weighted by atomic mass is 10.1. The summed E-state index contributed by atoms with van der Waals surface area (Å²) in [4.78, 5) is 23.5. The van der Waals surface area contributed by atoms with Crippen molar-refractivity contribution in [3.05, 3.63) is 66.2 Å². The molecule has 3 aromatic carbocycles. The number of rotatable bonds is 7. The Hall–Kier alpha value is -4.03. The van der Waals surface area contributed by atoms with Crippen LogP contribution in [0.3, 0.4) is 0 Å². The molecule has 9 nitrogen and oxygen atoms in total. The number of anilines is 2. The van der Waals surface area contributed by atoms with Crippen molar-refractivity contribution >= 4 is 55.3 Å². The Morgan fingerprint density at radius 3 is 2.17 bits per heavy atom. The molecule has 4 N–H and O–H groups in total. The van der Waals surface area contributed by atoms with E-state index in [0.717, 1.165) is 12.1 Å². The highest BCUT2D eigenvalue weighted by Gasteiger charge is 2.28. The fourth-order valence-corrected chi connectivity index (χ4v) is 4.93. The fourth-order valence-electron chi connectivity index (χ4n) is 3.58. The number of carbonyl (C=O) groups is 2. The van der Waals surface area contributed by atoms with Crippen LogP contribution in [0.1, 0.15) is 13.8 Å². The number of carboxylic acid groups (broad SMARTS) is 1. The topological polar surface area (TPSA) is 138 Å². The van der Waals surface area contributed by atoms with Crippen molar-refractivity contribution in [2.45, 2.75) is 24.8 Å². The van der Waals surface area contributed by atoms with Gasteiger partial charge in [-0.3, -0.25) is 4.79 Å². The third kappa shape index (κ3) is 5.14. The summed E-state index contributed by atoms with van der Waals surface area (Å²) in [6.07, 6.45) is 0. The van der Waals surface area contributed by atoms with Crippen LogP contribution in [0.2, 0.25) is 0 Å². The number of hydrogen-bond donors (Lipinski definition) is 4. The zero-order valence-electron chi connectivity index (χ0n) is 19.0. The van der Waals surface area contributed by atoms with Crippen LogP contribution in [0.5, 0.6) is 0 Å². The van der Waals surface area contributed by atoms with E-state index < -0.39 is 45.6 Å². The van der Waals surface area contributed by atoms with E-state index >= 15 is 0 Å². The number of sulfonamides is 1. The molecular weight excluding hydrogens is 496 g/mol. The summed E-state index contributed by atoms with van der Waals surface area (Å²) in [7, 11) is -4.14. The number of carboxylic acids is 1. The SMILES string of the molecule is CC(C)[C@@H](NS(=O)(=O)c1ccc2c(c1)oc1ccc(NC(=O)Nc3ccc(F)c(F)c3)cc12)C(=O)O. The number of aliphatic carboxylic acids is 1. The first-order valence-electron chi connectivity index (χ1n) is 10.7. The lowest BCUT2D eigenvalue weighted by Crippen LogP contribution is -2.44. The standard InChI is InChI=1S/C24H21F2N3O6S/c1-12(2)22(23(30)31)29-36(33,34)15-5-6-16-17-9-13(4-8-20(17)35-21(16)11-15)27-24(32)28-14-3-7-18(25)19(26)10-14/h3-12,22,29H,1-2H3,(H,30,31)(H2,27,28,32)/t22-/m1/s1. The summed E-state index contributed by atoms with van der Waals surface area (Å²) in [5.74, 6) is -3.89. The Labute approximate surface area is 204 Å². The van der Waals surface area contributed by atoms with Crippen LogP contribution in [-0.2, 0) is 14.8 Å². The fraction of sp³-hybridized carbons (Fsp3) is 0.167. The molecule has 4 aromatic rings. The van der Waals surface area contributed by atoms with Gasteiger partial charge in [-0.05, 0) is 48.4 Å². The van der Waals surface area contributed by atoms with Crippen molar-refractivity contribution in [3.8, 4) is 0 Å². The van der Waals surface area contributed by atoms with Crippen molar-refractivity contribution in [1.82, 2.24) is 4.72 Å². The van der Waals surface area contributed by atoms with Crippen molar-refractivity contribution < 1.29 is 36.3 Å². The lowest BCUT2D eigenvalue weighted by molar-refractivity contribution is -0.140. The van der Waals surface area contributed by atoms with Gasteiger partial charge in [-0.15, -0.1) is 0 Å². The molecule has 2 amide bonds. The maximum absolute atomic E-state index is 13.4. The van der Waals surface area contributed by atoms with Crippen LogP contribution in [0.15, 0.2) is 63.9 Å². The highest BCUT2D eigenvalue weighted by Crippen LogP contribution is 2.32. The molecule has 0 saturated heterocycles. The van der Waals surface area contributed by atoms with Gasteiger partial charge in [0.25, 0.3) is 0 Å². The van der Waals surface area contributed by atoms with Gasteiger partial charge in [-0.25, -0.2) is 22.0 Å². The van der Waals surface area contributed by atoms with E-state index in [1.54, 1.807) is 32.0 Å². The second kappa shape index (κ2) is 9.55. The van der Waals surface area contributed by atoms with Crippen molar-refractivity contribution in [2.75, 3.05) is 10.6 Å². The van der Waals surface area contributed by atoms with Gasteiger partial charge in [0, 0.05) is 34.3 Å². The van der Waals surface area contributed by atoms with Crippen LogP contribution in [-0.4, -0.2) is 31.6 Å². The second-order valence-corrected chi connectivity index (χ2v) is 10.1. The largest absolute Gasteiger partial charge is 0.480 e. The summed E-state index contributed by atoms with van der Waals surface area (Å²) in [6, 6.07) is 9.84. The normalized spacial score (nSPS) is 12.7. The molecule has 0 saturated carbocycles.